The van der Waals surface area contributed by atoms with Gasteiger partial charge in [0.25, 0.3) is 0 Å². The molecule has 146 valence electrons. The van der Waals surface area contributed by atoms with Crippen molar-refractivity contribution >= 4 is 23.0 Å². The Morgan fingerprint density at radius 1 is 1.14 bits per heavy atom. The van der Waals surface area contributed by atoms with Gasteiger partial charge < -0.3 is 14.5 Å². The summed E-state index contributed by atoms with van der Waals surface area (Å²) < 4.78 is 6.45. The second-order valence-corrected chi connectivity index (χ2v) is 8.65. The van der Waals surface area contributed by atoms with Crippen molar-refractivity contribution in [3.63, 3.8) is 0 Å². The minimum Gasteiger partial charge on any atom is -0.378 e. The number of rotatable bonds is 4. The molecule has 2 aliphatic rings. The molecule has 0 radical (unpaired) electrons. The van der Waals surface area contributed by atoms with Gasteiger partial charge in [0.2, 0.25) is 0 Å². The average Bonchev–Trinajstić information content (AvgIpc) is 3.17. The predicted octanol–water partition coefficient (Wildman–Crippen LogP) is 5.32. The molecular formula is C25H30N2O. The van der Waals surface area contributed by atoms with Crippen LogP contribution in [0.25, 0.3) is 11.6 Å². The molecule has 2 aromatic carbocycles. The highest BCUT2D eigenvalue weighted by Crippen LogP contribution is 2.55. The number of allylic oxidation sites excluding steroid dienone is 1. The van der Waals surface area contributed by atoms with Gasteiger partial charge in [-0.15, -0.1) is 0 Å². The SMILES string of the molecule is C=C(C)c1ccc2c(c1)C(C)(C)C1(/C=C\c3ccc(N(C)C)cc3)OCCN21. The lowest BCUT2D eigenvalue weighted by atomic mass is 9.76. The molecule has 0 aromatic heterocycles. The van der Waals surface area contributed by atoms with Crippen LogP contribution in [0.3, 0.4) is 0 Å². The number of ether oxygens (including phenoxy) is 1. The van der Waals surface area contributed by atoms with Crippen molar-refractivity contribution in [2.45, 2.75) is 31.9 Å². The lowest BCUT2D eigenvalue weighted by molar-refractivity contribution is 0.000333. The largest absolute Gasteiger partial charge is 0.378 e. The summed E-state index contributed by atoms with van der Waals surface area (Å²) >= 11 is 0. The van der Waals surface area contributed by atoms with E-state index in [1.165, 1.54) is 28.1 Å². The first kappa shape index (κ1) is 18.8. The molecule has 2 aliphatic heterocycles. The normalized spacial score (nSPS) is 22.4. The van der Waals surface area contributed by atoms with Gasteiger partial charge in [-0.2, -0.15) is 0 Å². The van der Waals surface area contributed by atoms with Gasteiger partial charge in [-0.05, 0) is 54.0 Å². The van der Waals surface area contributed by atoms with E-state index >= 15 is 0 Å². The van der Waals surface area contributed by atoms with E-state index in [1.807, 2.05) is 0 Å². The molecule has 2 heterocycles. The summed E-state index contributed by atoms with van der Waals surface area (Å²) in [5, 5.41) is 0. The van der Waals surface area contributed by atoms with E-state index in [9.17, 15) is 0 Å². The van der Waals surface area contributed by atoms with Crippen LogP contribution in [-0.4, -0.2) is 33.0 Å². The molecular weight excluding hydrogens is 344 g/mol. The second-order valence-electron chi connectivity index (χ2n) is 8.65. The zero-order valence-electron chi connectivity index (χ0n) is 17.6. The molecule has 0 saturated carbocycles. The summed E-state index contributed by atoms with van der Waals surface area (Å²) in [6, 6.07) is 15.3. The topological polar surface area (TPSA) is 15.7 Å². The molecule has 0 bridgehead atoms. The zero-order chi connectivity index (χ0) is 20.1. The summed E-state index contributed by atoms with van der Waals surface area (Å²) in [6.45, 7) is 12.4. The van der Waals surface area contributed by atoms with Crippen LogP contribution >= 0.6 is 0 Å². The van der Waals surface area contributed by atoms with Crippen LogP contribution in [0, 0.1) is 0 Å². The van der Waals surface area contributed by atoms with Crippen LogP contribution in [0.4, 0.5) is 11.4 Å². The summed E-state index contributed by atoms with van der Waals surface area (Å²) in [5.41, 5.74) is 6.68. The molecule has 1 fully saturated rings. The fourth-order valence-electron chi connectivity index (χ4n) is 4.52. The summed E-state index contributed by atoms with van der Waals surface area (Å²) in [4.78, 5) is 4.54. The Bertz CT molecular complexity index is 940. The van der Waals surface area contributed by atoms with Gasteiger partial charge in [-0.3, -0.25) is 0 Å². The molecule has 1 unspecified atom stereocenters. The third kappa shape index (κ3) is 2.68. The lowest BCUT2D eigenvalue weighted by Crippen LogP contribution is -2.51. The monoisotopic (exact) mass is 374 g/mol. The van der Waals surface area contributed by atoms with Crippen molar-refractivity contribution in [2.24, 2.45) is 0 Å². The Morgan fingerprint density at radius 2 is 1.86 bits per heavy atom. The smallest absolute Gasteiger partial charge is 0.170 e. The van der Waals surface area contributed by atoms with Gasteiger partial charge in [0.05, 0.1) is 6.61 Å². The minimum absolute atomic E-state index is 0.162. The van der Waals surface area contributed by atoms with Gasteiger partial charge in [0, 0.05) is 37.4 Å². The molecule has 0 aliphatic carbocycles. The number of hydrogen-bond acceptors (Lipinski definition) is 3. The fourth-order valence-corrected chi connectivity index (χ4v) is 4.52. The molecule has 2 aromatic rings. The van der Waals surface area contributed by atoms with Crippen LogP contribution in [0.2, 0.25) is 0 Å². The summed E-state index contributed by atoms with van der Waals surface area (Å²) in [7, 11) is 4.12. The van der Waals surface area contributed by atoms with Crippen molar-refractivity contribution in [3.05, 3.63) is 71.8 Å². The fraction of sp³-hybridized carbons (Fsp3) is 0.360. The third-order valence-corrected chi connectivity index (χ3v) is 6.30. The van der Waals surface area contributed by atoms with E-state index in [-0.39, 0.29) is 5.41 Å². The summed E-state index contributed by atoms with van der Waals surface area (Å²) in [6.07, 6.45) is 4.45. The third-order valence-electron chi connectivity index (χ3n) is 6.30. The van der Waals surface area contributed by atoms with Crippen LogP contribution in [0.15, 0.2) is 55.1 Å². The van der Waals surface area contributed by atoms with Crippen molar-refractivity contribution < 1.29 is 4.74 Å². The molecule has 3 nitrogen and oxygen atoms in total. The Kier molecular flexibility index (Phi) is 4.39. The highest BCUT2D eigenvalue weighted by Gasteiger charge is 2.59. The quantitative estimate of drug-likeness (QED) is 0.720. The minimum atomic E-state index is -0.455. The Labute approximate surface area is 168 Å². The molecule has 0 spiro atoms. The Morgan fingerprint density at radius 3 is 2.50 bits per heavy atom. The van der Waals surface area contributed by atoms with Crippen LogP contribution in [0.5, 0.6) is 0 Å². The van der Waals surface area contributed by atoms with E-state index in [0.717, 1.165) is 18.7 Å². The van der Waals surface area contributed by atoms with Gasteiger partial charge in [0.15, 0.2) is 5.72 Å². The zero-order valence-corrected chi connectivity index (χ0v) is 17.6. The molecule has 3 heteroatoms. The molecule has 28 heavy (non-hydrogen) atoms. The first-order chi connectivity index (χ1) is 13.3. The predicted molar refractivity (Wildman–Crippen MR) is 120 cm³/mol. The first-order valence-electron chi connectivity index (χ1n) is 9.95. The molecule has 0 N–H and O–H groups in total. The number of nitrogens with zero attached hydrogens (tertiary/aromatic N) is 2. The van der Waals surface area contributed by atoms with E-state index < -0.39 is 5.72 Å². The molecule has 0 amide bonds. The number of hydrogen-bond donors (Lipinski definition) is 0. The van der Waals surface area contributed by atoms with Crippen LogP contribution in [0.1, 0.15) is 37.5 Å². The van der Waals surface area contributed by atoms with Crippen molar-refractivity contribution in [1.82, 2.24) is 0 Å². The van der Waals surface area contributed by atoms with Crippen molar-refractivity contribution in [3.8, 4) is 0 Å². The molecule has 1 saturated heterocycles. The van der Waals surface area contributed by atoms with Crippen molar-refractivity contribution in [2.75, 3.05) is 37.0 Å². The molecule has 4 rings (SSSR count). The number of anilines is 2. The van der Waals surface area contributed by atoms with E-state index in [0.29, 0.717) is 0 Å². The maximum absolute atomic E-state index is 6.45. The highest BCUT2D eigenvalue weighted by molar-refractivity contribution is 5.74. The maximum atomic E-state index is 6.45. The Balaban J connectivity index is 1.74. The second kappa shape index (κ2) is 6.52. The maximum Gasteiger partial charge on any atom is 0.170 e. The Hall–Kier alpha value is -2.52. The van der Waals surface area contributed by atoms with E-state index in [1.54, 1.807) is 0 Å². The van der Waals surface area contributed by atoms with Gasteiger partial charge in [0.1, 0.15) is 0 Å². The van der Waals surface area contributed by atoms with Crippen LogP contribution in [-0.2, 0) is 10.2 Å². The van der Waals surface area contributed by atoms with E-state index in [4.69, 9.17) is 4.74 Å². The standard InChI is InChI=1S/C25H30N2O/c1-18(2)20-9-12-23-22(17-20)24(3,4)25(27(23)15-16-28-25)14-13-19-7-10-21(11-8-19)26(5)6/h7-14,17H,1,15-16H2,2-6H3/b14-13-. The van der Waals surface area contributed by atoms with E-state index in [2.05, 4.69) is 106 Å². The van der Waals surface area contributed by atoms with Crippen molar-refractivity contribution in [1.29, 1.82) is 0 Å². The molecule has 1 atom stereocenters. The summed E-state index contributed by atoms with van der Waals surface area (Å²) in [5.74, 6) is 0. The lowest BCUT2D eigenvalue weighted by Gasteiger charge is -2.39. The van der Waals surface area contributed by atoms with Gasteiger partial charge in [-0.25, -0.2) is 0 Å². The highest BCUT2D eigenvalue weighted by atomic mass is 16.5. The first-order valence-corrected chi connectivity index (χ1v) is 9.95. The number of benzene rings is 2. The van der Waals surface area contributed by atoms with Crippen LogP contribution < -0.4 is 9.80 Å². The number of fused-ring (bicyclic) bond motifs is 3. The van der Waals surface area contributed by atoms with Gasteiger partial charge >= 0.3 is 0 Å². The average molecular weight is 375 g/mol. The van der Waals surface area contributed by atoms with Gasteiger partial charge in [-0.1, -0.05) is 50.3 Å².